The van der Waals surface area contributed by atoms with Crippen LogP contribution >= 0.6 is 0 Å². The average Bonchev–Trinajstić information content (AvgIpc) is 3.24. The van der Waals surface area contributed by atoms with Crippen LogP contribution in [0, 0.1) is 24.6 Å². The summed E-state index contributed by atoms with van der Waals surface area (Å²) in [6, 6.07) is 0.792. The van der Waals surface area contributed by atoms with Gasteiger partial charge in [-0.3, -0.25) is 4.79 Å². The first-order chi connectivity index (χ1) is 14.1. The summed E-state index contributed by atoms with van der Waals surface area (Å²) in [4.78, 5) is 26.3. The van der Waals surface area contributed by atoms with Crippen LogP contribution in [0.5, 0.6) is 0 Å². The molecule has 30 heavy (non-hydrogen) atoms. The molecule has 1 aliphatic heterocycles. The van der Waals surface area contributed by atoms with E-state index in [-0.39, 0.29) is 17.8 Å². The number of hydrogen-bond acceptors (Lipinski definition) is 4. The molecule has 2 heterocycles. The van der Waals surface area contributed by atoms with Crippen LogP contribution in [0.25, 0.3) is 10.9 Å². The van der Waals surface area contributed by atoms with Crippen molar-refractivity contribution >= 4 is 22.6 Å². The van der Waals surface area contributed by atoms with Crippen molar-refractivity contribution in [2.75, 3.05) is 25.0 Å². The van der Waals surface area contributed by atoms with Crippen LogP contribution in [0.15, 0.2) is 17.1 Å². The first-order valence-corrected chi connectivity index (χ1v) is 10.3. The molecule has 1 aromatic heterocycles. The number of alkyl halides is 1. The fourth-order valence-corrected chi connectivity index (χ4v) is 4.90. The first kappa shape index (κ1) is 20.8. The quantitative estimate of drug-likeness (QED) is 0.779. The number of benzene rings is 1. The number of aromatic nitrogens is 1. The molecule has 0 spiro atoms. The normalized spacial score (nSPS) is 26.0. The van der Waals surface area contributed by atoms with Crippen molar-refractivity contribution in [2.45, 2.75) is 45.4 Å². The third kappa shape index (κ3) is 3.17. The highest BCUT2D eigenvalue weighted by Crippen LogP contribution is 2.43. The predicted octanol–water partition coefficient (Wildman–Crippen LogP) is 3.11. The van der Waals surface area contributed by atoms with E-state index < -0.39 is 35.0 Å². The van der Waals surface area contributed by atoms with Gasteiger partial charge in [-0.15, -0.1) is 0 Å². The molecular formula is C22H27F2N3O3. The Kier molecular flexibility index (Phi) is 5.08. The summed E-state index contributed by atoms with van der Waals surface area (Å²) in [7, 11) is 1.90. The Morgan fingerprint density at radius 1 is 1.33 bits per heavy atom. The summed E-state index contributed by atoms with van der Waals surface area (Å²) in [6.07, 6.45) is 0.365. The second-order valence-electron chi connectivity index (χ2n) is 8.84. The molecule has 2 fully saturated rings. The SMILES string of the molecule is CN[C@@H]1CN(c2c(F)cc3c(=O)c(C(=O)O)cn([C@@H]4C[C@@H]4F)c3c2C)C[C@@H]1C(C)C. The van der Waals surface area contributed by atoms with E-state index in [1.54, 1.807) is 6.92 Å². The lowest BCUT2D eigenvalue weighted by Gasteiger charge is -2.25. The lowest BCUT2D eigenvalue weighted by molar-refractivity contribution is 0.0694. The fourth-order valence-electron chi connectivity index (χ4n) is 4.90. The minimum Gasteiger partial charge on any atom is -0.477 e. The Morgan fingerprint density at radius 2 is 2.00 bits per heavy atom. The number of pyridine rings is 1. The van der Waals surface area contributed by atoms with Crippen LogP contribution in [-0.4, -0.2) is 48.0 Å². The van der Waals surface area contributed by atoms with Gasteiger partial charge in [-0.1, -0.05) is 13.8 Å². The summed E-state index contributed by atoms with van der Waals surface area (Å²) in [5.41, 5.74) is 0.147. The number of aromatic carboxylic acids is 1. The molecule has 4 atom stereocenters. The van der Waals surface area contributed by atoms with Crippen molar-refractivity contribution in [3.8, 4) is 0 Å². The van der Waals surface area contributed by atoms with E-state index >= 15 is 4.39 Å². The number of fused-ring (bicyclic) bond motifs is 1. The van der Waals surface area contributed by atoms with Crippen molar-refractivity contribution in [3.05, 3.63) is 39.4 Å². The summed E-state index contributed by atoms with van der Waals surface area (Å²) in [6.45, 7) is 7.29. The zero-order valence-electron chi connectivity index (χ0n) is 17.6. The summed E-state index contributed by atoms with van der Waals surface area (Å²) in [5.74, 6) is -1.21. The lowest BCUT2D eigenvalue weighted by atomic mass is 9.91. The van der Waals surface area contributed by atoms with E-state index in [4.69, 9.17) is 0 Å². The number of carbonyl (C=O) groups is 1. The van der Waals surface area contributed by atoms with Gasteiger partial charge in [0.25, 0.3) is 0 Å². The molecule has 1 aromatic carbocycles. The Balaban J connectivity index is 1.93. The standard InChI is InChI=1S/C22H27F2N3O3/c1-10(2)13-7-26(9-17(13)25-4)20-11(3)19-12(5-16(20)24)21(28)14(22(29)30)8-27(19)18-6-15(18)23/h5,8,10,13,15,17-18,25H,6-7,9H2,1-4H3,(H,29,30)/t13-,15+,17-,18-/m1/s1. The molecule has 0 amide bonds. The van der Waals surface area contributed by atoms with Gasteiger partial charge in [0.05, 0.1) is 17.2 Å². The number of nitrogens with one attached hydrogen (secondary N) is 1. The van der Waals surface area contributed by atoms with Crippen molar-refractivity contribution in [3.63, 3.8) is 0 Å². The number of nitrogens with zero attached hydrogens (tertiary/aromatic N) is 2. The maximum Gasteiger partial charge on any atom is 0.341 e. The molecule has 8 heteroatoms. The van der Waals surface area contributed by atoms with Crippen molar-refractivity contribution in [1.82, 2.24) is 9.88 Å². The maximum atomic E-state index is 15.3. The molecular weight excluding hydrogens is 392 g/mol. The third-order valence-electron chi connectivity index (χ3n) is 6.66. The number of halogens is 2. The minimum absolute atomic E-state index is 0.0162. The predicted molar refractivity (Wildman–Crippen MR) is 112 cm³/mol. The highest BCUT2D eigenvalue weighted by Gasteiger charge is 2.41. The number of aryl methyl sites for hydroxylation is 1. The summed E-state index contributed by atoms with van der Waals surface area (Å²) in [5, 5.41) is 12.7. The molecule has 1 saturated heterocycles. The van der Waals surface area contributed by atoms with Crippen molar-refractivity contribution < 1.29 is 18.7 Å². The van der Waals surface area contributed by atoms with Gasteiger partial charge in [0.15, 0.2) is 0 Å². The van der Waals surface area contributed by atoms with Gasteiger partial charge in [-0.05, 0) is 37.4 Å². The van der Waals surface area contributed by atoms with Crippen LogP contribution in [0.1, 0.15) is 42.2 Å². The second kappa shape index (κ2) is 7.34. The van der Waals surface area contributed by atoms with Crippen LogP contribution in [-0.2, 0) is 0 Å². The van der Waals surface area contributed by atoms with Crippen molar-refractivity contribution in [1.29, 1.82) is 0 Å². The Labute approximate surface area is 173 Å². The minimum atomic E-state index is -1.40. The first-order valence-electron chi connectivity index (χ1n) is 10.3. The van der Waals surface area contributed by atoms with Gasteiger partial charge < -0.3 is 19.9 Å². The van der Waals surface area contributed by atoms with Crippen LogP contribution in [0.4, 0.5) is 14.5 Å². The summed E-state index contributed by atoms with van der Waals surface area (Å²) >= 11 is 0. The highest BCUT2D eigenvalue weighted by atomic mass is 19.1. The van der Waals surface area contributed by atoms with Gasteiger partial charge in [-0.25, -0.2) is 13.6 Å². The van der Waals surface area contributed by atoms with E-state index in [1.165, 1.54) is 10.8 Å². The number of carboxylic acid groups (broad SMARTS) is 1. The van der Waals surface area contributed by atoms with Gasteiger partial charge in [0.2, 0.25) is 5.43 Å². The molecule has 0 radical (unpaired) electrons. The molecule has 0 bridgehead atoms. The number of likely N-dealkylation sites (N-methyl/N-ethyl adjacent to an activating group) is 1. The number of rotatable bonds is 5. The Bertz CT molecular complexity index is 1080. The molecule has 2 aromatic rings. The molecule has 0 unspecified atom stereocenters. The largest absolute Gasteiger partial charge is 0.477 e. The Hall–Kier alpha value is -2.48. The average molecular weight is 419 g/mol. The fraction of sp³-hybridized carbons (Fsp3) is 0.545. The van der Waals surface area contributed by atoms with Gasteiger partial charge in [-0.2, -0.15) is 0 Å². The van der Waals surface area contributed by atoms with E-state index in [0.717, 1.165) is 6.07 Å². The lowest BCUT2D eigenvalue weighted by Crippen LogP contribution is -2.35. The number of anilines is 1. The topological polar surface area (TPSA) is 74.6 Å². The molecule has 1 aliphatic carbocycles. The third-order valence-corrected chi connectivity index (χ3v) is 6.66. The molecule has 4 rings (SSSR count). The van der Waals surface area contributed by atoms with Crippen LogP contribution in [0.2, 0.25) is 0 Å². The zero-order chi connectivity index (χ0) is 21.9. The molecule has 1 saturated carbocycles. The van der Waals surface area contributed by atoms with E-state index in [9.17, 15) is 19.1 Å². The van der Waals surface area contributed by atoms with Gasteiger partial charge in [0, 0.05) is 37.1 Å². The van der Waals surface area contributed by atoms with Gasteiger partial charge in [0.1, 0.15) is 17.6 Å². The number of carboxylic acids is 1. The van der Waals surface area contributed by atoms with E-state index in [0.29, 0.717) is 41.7 Å². The zero-order valence-corrected chi connectivity index (χ0v) is 17.6. The van der Waals surface area contributed by atoms with Gasteiger partial charge >= 0.3 is 5.97 Å². The number of hydrogen-bond donors (Lipinski definition) is 2. The van der Waals surface area contributed by atoms with E-state index in [1.807, 2.05) is 11.9 Å². The summed E-state index contributed by atoms with van der Waals surface area (Å²) < 4.78 is 30.8. The molecule has 2 N–H and O–H groups in total. The highest BCUT2D eigenvalue weighted by molar-refractivity contribution is 5.95. The maximum absolute atomic E-state index is 15.3. The smallest absolute Gasteiger partial charge is 0.341 e. The van der Waals surface area contributed by atoms with E-state index in [2.05, 4.69) is 19.2 Å². The monoisotopic (exact) mass is 419 g/mol. The molecule has 162 valence electrons. The van der Waals surface area contributed by atoms with Crippen LogP contribution < -0.4 is 15.6 Å². The molecule has 2 aliphatic rings. The Morgan fingerprint density at radius 3 is 2.50 bits per heavy atom. The second-order valence-corrected chi connectivity index (χ2v) is 8.84. The van der Waals surface area contributed by atoms with Crippen molar-refractivity contribution in [2.24, 2.45) is 11.8 Å². The molecule has 6 nitrogen and oxygen atoms in total. The van der Waals surface area contributed by atoms with Crippen LogP contribution in [0.3, 0.4) is 0 Å².